The number of carboxylic acids is 2. The van der Waals surface area contributed by atoms with E-state index in [4.69, 9.17) is 14.6 Å². The zero-order chi connectivity index (χ0) is 31.2. The number of aromatic carboxylic acids is 1. The van der Waals surface area contributed by atoms with Crippen LogP contribution < -0.4 is 19.3 Å². The van der Waals surface area contributed by atoms with Crippen molar-refractivity contribution in [3.63, 3.8) is 0 Å². The maximum atomic E-state index is 13.2. The van der Waals surface area contributed by atoms with Gasteiger partial charge in [-0.1, -0.05) is 17.7 Å². The lowest BCUT2D eigenvalue weighted by molar-refractivity contribution is -0.192. The van der Waals surface area contributed by atoms with Crippen molar-refractivity contribution in [2.45, 2.75) is 24.9 Å². The molecule has 1 heterocycles. The first-order chi connectivity index (χ1) is 19.6. The van der Waals surface area contributed by atoms with Crippen molar-refractivity contribution in [3.8, 4) is 5.75 Å². The molecule has 0 unspecified atom stereocenters. The third-order valence-electron chi connectivity index (χ3n) is 6.41. The van der Waals surface area contributed by atoms with E-state index >= 15 is 0 Å². The number of carboxylic acid groups (broad SMARTS) is 2. The summed E-state index contributed by atoms with van der Waals surface area (Å²) in [6.45, 7) is 6.41. The summed E-state index contributed by atoms with van der Waals surface area (Å²) in [4.78, 5) is 25.0. The third-order valence-corrected chi connectivity index (χ3v) is 7.93. The number of aliphatic carboxylic acids is 1. The van der Waals surface area contributed by atoms with Gasteiger partial charge in [0.2, 0.25) is 0 Å². The van der Waals surface area contributed by atoms with Crippen molar-refractivity contribution in [1.29, 1.82) is 0 Å². The van der Waals surface area contributed by atoms with E-state index < -0.39 is 28.1 Å². The van der Waals surface area contributed by atoms with Crippen LogP contribution in [0.15, 0.2) is 65.6 Å². The fourth-order valence-electron chi connectivity index (χ4n) is 4.33. The zero-order valence-corrected chi connectivity index (χ0v) is 23.8. The quantitative estimate of drug-likeness (QED) is 0.346. The number of methoxy groups -OCH3 is 1. The van der Waals surface area contributed by atoms with E-state index in [2.05, 4.69) is 14.5 Å². The van der Waals surface area contributed by atoms with Gasteiger partial charge in [-0.2, -0.15) is 13.2 Å². The van der Waals surface area contributed by atoms with Crippen LogP contribution in [0, 0.1) is 13.8 Å². The van der Waals surface area contributed by atoms with E-state index in [0.29, 0.717) is 24.3 Å². The highest BCUT2D eigenvalue weighted by atomic mass is 32.2. The molecule has 3 aromatic rings. The first-order valence-electron chi connectivity index (χ1n) is 12.5. The van der Waals surface area contributed by atoms with Crippen LogP contribution in [0.3, 0.4) is 0 Å². The molecule has 226 valence electrons. The summed E-state index contributed by atoms with van der Waals surface area (Å²) in [6.07, 6.45) is -5.08. The molecular formula is C28H30F3N3O7S. The minimum atomic E-state index is -5.08. The zero-order valence-electron chi connectivity index (χ0n) is 23.0. The number of benzene rings is 3. The van der Waals surface area contributed by atoms with Gasteiger partial charge in [0, 0.05) is 31.9 Å². The second kappa shape index (κ2) is 13.0. The van der Waals surface area contributed by atoms with Crippen LogP contribution >= 0.6 is 0 Å². The lowest BCUT2D eigenvalue weighted by Gasteiger charge is -2.38. The molecule has 1 fully saturated rings. The summed E-state index contributed by atoms with van der Waals surface area (Å²) < 4.78 is 66.1. The molecule has 10 nitrogen and oxygen atoms in total. The van der Waals surface area contributed by atoms with Crippen LogP contribution in [0.2, 0.25) is 0 Å². The van der Waals surface area contributed by atoms with Gasteiger partial charge in [0.1, 0.15) is 5.75 Å². The van der Waals surface area contributed by atoms with E-state index in [1.54, 1.807) is 32.2 Å². The number of anilines is 3. The molecule has 0 bridgehead atoms. The van der Waals surface area contributed by atoms with Gasteiger partial charge < -0.3 is 24.7 Å². The number of ether oxygens (including phenoxy) is 1. The molecule has 0 spiro atoms. The molecule has 42 heavy (non-hydrogen) atoms. The molecule has 0 atom stereocenters. The Morgan fingerprint density at radius 1 is 0.881 bits per heavy atom. The number of hydrogen-bond donors (Lipinski definition) is 3. The highest BCUT2D eigenvalue weighted by molar-refractivity contribution is 7.92. The highest BCUT2D eigenvalue weighted by Gasteiger charge is 2.38. The third kappa shape index (κ3) is 8.06. The summed E-state index contributed by atoms with van der Waals surface area (Å²) in [5.74, 6) is -3.08. The van der Waals surface area contributed by atoms with E-state index in [9.17, 15) is 31.5 Å². The molecule has 0 radical (unpaired) electrons. The Hall–Kier alpha value is -4.46. The predicted octanol–water partition coefficient (Wildman–Crippen LogP) is 4.77. The number of piperazine rings is 1. The largest absolute Gasteiger partial charge is 0.497 e. The molecule has 0 amide bonds. The number of halogens is 3. The number of aryl methyl sites for hydroxylation is 2. The van der Waals surface area contributed by atoms with Crippen molar-refractivity contribution in [2.24, 2.45) is 0 Å². The van der Waals surface area contributed by atoms with Gasteiger partial charge in [-0.3, -0.25) is 4.72 Å². The second-order valence-electron chi connectivity index (χ2n) is 9.39. The van der Waals surface area contributed by atoms with Gasteiger partial charge in [-0.25, -0.2) is 18.0 Å². The summed E-state index contributed by atoms with van der Waals surface area (Å²) in [7, 11) is -2.28. The molecule has 1 saturated heterocycles. The van der Waals surface area contributed by atoms with Crippen molar-refractivity contribution >= 4 is 39.0 Å². The van der Waals surface area contributed by atoms with E-state index in [0.717, 1.165) is 30.1 Å². The van der Waals surface area contributed by atoms with Crippen LogP contribution in [0.1, 0.15) is 21.5 Å². The summed E-state index contributed by atoms with van der Waals surface area (Å²) in [5.41, 5.74) is 3.60. The predicted molar refractivity (Wildman–Crippen MR) is 151 cm³/mol. The van der Waals surface area contributed by atoms with Crippen LogP contribution in [-0.2, 0) is 14.8 Å². The SMILES string of the molecule is COc1ccc(N2CCN(c3ccc(C(=O)O)cc3NS(=O)(=O)c3ccc(C)cc3C)CC2)cc1.O=C(O)C(F)(F)F. The molecule has 1 aliphatic rings. The normalized spacial score (nSPS) is 13.6. The lowest BCUT2D eigenvalue weighted by atomic mass is 10.1. The van der Waals surface area contributed by atoms with Crippen molar-refractivity contribution in [2.75, 3.05) is 47.8 Å². The number of rotatable bonds is 7. The Morgan fingerprint density at radius 2 is 1.45 bits per heavy atom. The number of sulfonamides is 1. The second-order valence-corrected chi connectivity index (χ2v) is 11.0. The fraction of sp³-hybridized carbons (Fsp3) is 0.286. The van der Waals surface area contributed by atoms with Gasteiger partial charge in [0.15, 0.2) is 0 Å². The van der Waals surface area contributed by atoms with E-state index in [-0.39, 0.29) is 16.1 Å². The van der Waals surface area contributed by atoms with Gasteiger partial charge in [0.05, 0.1) is 28.9 Å². The molecule has 14 heteroatoms. The monoisotopic (exact) mass is 609 g/mol. The Balaban J connectivity index is 0.000000616. The Bertz CT molecular complexity index is 1540. The summed E-state index contributed by atoms with van der Waals surface area (Å²) in [6, 6.07) is 17.6. The number of hydrogen-bond acceptors (Lipinski definition) is 7. The fourth-order valence-corrected chi connectivity index (χ4v) is 5.62. The smallest absolute Gasteiger partial charge is 0.490 e. The molecule has 0 aliphatic carbocycles. The molecule has 3 aromatic carbocycles. The Kier molecular flexibility index (Phi) is 9.94. The number of carbonyl (C=O) groups is 2. The first kappa shape index (κ1) is 32.1. The van der Waals surface area contributed by atoms with Crippen molar-refractivity contribution < 1.29 is 46.1 Å². The highest BCUT2D eigenvalue weighted by Crippen LogP contribution is 2.32. The molecule has 0 aromatic heterocycles. The van der Waals surface area contributed by atoms with Gasteiger partial charge in [-0.05, 0) is 67.9 Å². The number of nitrogens with one attached hydrogen (secondary N) is 1. The van der Waals surface area contributed by atoms with E-state index in [1.165, 1.54) is 12.1 Å². The Morgan fingerprint density at radius 3 is 1.95 bits per heavy atom. The van der Waals surface area contributed by atoms with Crippen LogP contribution in [0.5, 0.6) is 5.75 Å². The molecule has 3 N–H and O–H groups in total. The average Bonchev–Trinajstić information content (AvgIpc) is 2.92. The minimum absolute atomic E-state index is 0.0175. The minimum Gasteiger partial charge on any atom is -0.497 e. The van der Waals surface area contributed by atoms with Crippen molar-refractivity contribution in [1.82, 2.24) is 0 Å². The van der Waals surface area contributed by atoms with Crippen molar-refractivity contribution in [3.05, 3.63) is 77.4 Å². The van der Waals surface area contributed by atoms with Crippen LogP contribution in [0.4, 0.5) is 30.2 Å². The van der Waals surface area contributed by atoms with Crippen LogP contribution in [-0.4, -0.2) is 70.0 Å². The van der Waals surface area contributed by atoms with Gasteiger partial charge >= 0.3 is 18.1 Å². The van der Waals surface area contributed by atoms with E-state index in [1.807, 2.05) is 37.3 Å². The molecule has 0 saturated carbocycles. The topological polar surface area (TPSA) is 136 Å². The Labute approximate surface area is 241 Å². The number of alkyl halides is 3. The summed E-state index contributed by atoms with van der Waals surface area (Å²) in [5, 5.41) is 16.6. The number of nitrogens with zero attached hydrogens (tertiary/aromatic N) is 2. The molecular weight excluding hydrogens is 579 g/mol. The molecule has 4 rings (SSSR count). The standard InChI is InChI=1S/C26H29N3O5S.C2HF3O2/c1-18-4-11-25(19(2)16-18)35(32,33)27-23-17-20(26(30)31)5-10-24(23)29-14-12-28(13-15-29)21-6-8-22(34-3)9-7-21;3-2(4,5)1(6)7/h4-11,16-17,27H,12-15H2,1-3H3,(H,30,31);(H,6,7). The lowest BCUT2D eigenvalue weighted by Crippen LogP contribution is -2.46. The van der Waals surface area contributed by atoms with Crippen LogP contribution in [0.25, 0.3) is 0 Å². The summed E-state index contributed by atoms with van der Waals surface area (Å²) >= 11 is 0. The maximum absolute atomic E-state index is 13.2. The van der Waals surface area contributed by atoms with Gasteiger partial charge in [-0.15, -0.1) is 0 Å². The average molecular weight is 610 g/mol. The first-order valence-corrected chi connectivity index (χ1v) is 14.0. The molecule has 1 aliphatic heterocycles. The maximum Gasteiger partial charge on any atom is 0.490 e. The van der Waals surface area contributed by atoms with Gasteiger partial charge in [0.25, 0.3) is 10.0 Å².